The SMILES string of the molecule is CN1CCC(C(=O)NCCc2ncc[nH]2)(c2ccccc2)CC1. The van der Waals surface area contributed by atoms with Gasteiger partial charge in [-0.25, -0.2) is 4.98 Å². The van der Waals surface area contributed by atoms with Gasteiger partial charge in [-0.15, -0.1) is 0 Å². The molecule has 1 aromatic heterocycles. The number of H-pyrrole nitrogens is 1. The number of nitrogens with one attached hydrogen (secondary N) is 2. The fraction of sp³-hybridized carbons (Fsp3) is 0.444. The second-order valence-electron chi connectivity index (χ2n) is 6.29. The second kappa shape index (κ2) is 6.96. The van der Waals surface area contributed by atoms with Crippen molar-refractivity contribution in [1.29, 1.82) is 0 Å². The van der Waals surface area contributed by atoms with Crippen molar-refractivity contribution in [3.05, 3.63) is 54.1 Å². The van der Waals surface area contributed by atoms with Crippen LogP contribution in [0.15, 0.2) is 42.7 Å². The summed E-state index contributed by atoms with van der Waals surface area (Å²) in [4.78, 5) is 22.6. The Hall–Kier alpha value is -2.14. The number of likely N-dealkylation sites (tertiary alicyclic amines) is 1. The number of hydrogen-bond donors (Lipinski definition) is 2. The molecule has 0 spiro atoms. The Morgan fingerprint density at radius 1 is 1.30 bits per heavy atom. The van der Waals surface area contributed by atoms with E-state index >= 15 is 0 Å². The molecule has 0 saturated carbocycles. The van der Waals surface area contributed by atoms with Crippen LogP contribution >= 0.6 is 0 Å². The van der Waals surface area contributed by atoms with Crippen molar-refractivity contribution < 1.29 is 4.79 Å². The van der Waals surface area contributed by atoms with E-state index in [4.69, 9.17) is 0 Å². The third-order valence-corrected chi connectivity index (χ3v) is 4.80. The maximum Gasteiger partial charge on any atom is 0.230 e. The molecule has 0 atom stereocenters. The van der Waals surface area contributed by atoms with E-state index in [2.05, 4.69) is 39.4 Å². The van der Waals surface area contributed by atoms with Gasteiger partial charge < -0.3 is 15.2 Å². The van der Waals surface area contributed by atoms with Gasteiger partial charge in [-0.05, 0) is 38.5 Å². The summed E-state index contributed by atoms with van der Waals surface area (Å²) < 4.78 is 0. The van der Waals surface area contributed by atoms with Crippen LogP contribution in [0.4, 0.5) is 0 Å². The van der Waals surface area contributed by atoms with Crippen LogP contribution in [-0.2, 0) is 16.6 Å². The summed E-state index contributed by atoms with van der Waals surface area (Å²) in [7, 11) is 2.11. The average molecular weight is 312 g/mol. The largest absolute Gasteiger partial charge is 0.355 e. The number of carbonyl (C=O) groups excluding carboxylic acids is 1. The van der Waals surface area contributed by atoms with Crippen LogP contribution in [0.25, 0.3) is 0 Å². The quantitative estimate of drug-likeness (QED) is 0.884. The van der Waals surface area contributed by atoms with Crippen molar-refractivity contribution in [3.8, 4) is 0 Å². The molecule has 5 nitrogen and oxygen atoms in total. The molecule has 3 rings (SSSR count). The Morgan fingerprint density at radius 3 is 2.70 bits per heavy atom. The highest BCUT2D eigenvalue weighted by Gasteiger charge is 2.41. The van der Waals surface area contributed by atoms with E-state index in [1.165, 1.54) is 0 Å². The molecule has 1 aliphatic heterocycles. The van der Waals surface area contributed by atoms with Crippen LogP contribution in [0, 0.1) is 0 Å². The van der Waals surface area contributed by atoms with Gasteiger partial charge in [-0.2, -0.15) is 0 Å². The maximum absolute atomic E-state index is 13.0. The fourth-order valence-corrected chi connectivity index (χ4v) is 3.30. The first-order valence-corrected chi connectivity index (χ1v) is 8.21. The molecular weight excluding hydrogens is 288 g/mol. The molecule has 1 aliphatic rings. The van der Waals surface area contributed by atoms with Crippen molar-refractivity contribution in [3.63, 3.8) is 0 Å². The van der Waals surface area contributed by atoms with Crippen molar-refractivity contribution in [2.45, 2.75) is 24.7 Å². The Kier molecular flexibility index (Phi) is 4.76. The van der Waals surface area contributed by atoms with Crippen molar-refractivity contribution >= 4 is 5.91 Å². The lowest BCUT2D eigenvalue weighted by Crippen LogP contribution is -2.51. The minimum Gasteiger partial charge on any atom is -0.355 e. The molecule has 122 valence electrons. The number of nitrogens with zero attached hydrogens (tertiary/aromatic N) is 2. The van der Waals surface area contributed by atoms with Crippen molar-refractivity contribution in [2.75, 3.05) is 26.7 Å². The molecule has 23 heavy (non-hydrogen) atoms. The molecule has 0 unspecified atom stereocenters. The van der Waals surface area contributed by atoms with Gasteiger partial charge in [-0.1, -0.05) is 30.3 Å². The zero-order valence-electron chi connectivity index (χ0n) is 13.6. The molecule has 1 aromatic carbocycles. The lowest BCUT2D eigenvalue weighted by Gasteiger charge is -2.39. The van der Waals surface area contributed by atoms with Crippen molar-refractivity contribution in [1.82, 2.24) is 20.2 Å². The van der Waals surface area contributed by atoms with Gasteiger partial charge in [0, 0.05) is 25.4 Å². The van der Waals surface area contributed by atoms with Crippen LogP contribution in [0.5, 0.6) is 0 Å². The van der Waals surface area contributed by atoms with Gasteiger partial charge in [-0.3, -0.25) is 4.79 Å². The van der Waals surface area contributed by atoms with Crippen LogP contribution in [-0.4, -0.2) is 47.5 Å². The highest BCUT2D eigenvalue weighted by atomic mass is 16.2. The summed E-state index contributed by atoms with van der Waals surface area (Å²) in [5.74, 6) is 1.05. The van der Waals surface area contributed by atoms with Crippen LogP contribution in [0.1, 0.15) is 24.2 Å². The number of carbonyl (C=O) groups is 1. The number of aromatic amines is 1. The lowest BCUT2D eigenvalue weighted by atomic mass is 9.72. The molecule has 0 bridgehead atoms. The first-order chi connectivity index (χ1) is 11.2. The smallest absolute Gasteiger partial charge is 0.230 e. The Labute approximate surface area is 137 Å². The molecule has 1 saturated heterocycles. The first kappa shape index (κ1) is 15.7. The topological polar surface area (TPSA) is 61.0 Å². The zero-order chi connectivity index (χ0) is 16.1. The minimum atomic E-state index is -0.406. The minimum absolute atomic E-state index is 0.142. The molecule has 0 radical (unpaired) electrons. The predicted molar refractivity (Wildman–Crippen MR) is 90.2 cm³/mol. The molecule has 2 heterocycles. The first-order valence-electron chi connectivity index (χ1n) is 8.21. The van der Waals surface area contributed by atoms with Gasteiger partial charge in [0.1, 0.15) is 5.82 Å². The van der Waals surface area contributed by atoms with E-state index < -0.39 is 5.41 Å². The highest BCUT2D eigenvalue weighted by Crippen LogP contribution is 2.35. The van der Waals surface area contributed by atoms with Gasteiger partial charge in [0.2, 0.25) is 5.91 Å². The third-order valence-electron chi connectivity index (χ3n) is 4.80. The molecule has 2 aromatic rings. The van der Waals surface area contributed by atoms with E-state index in [0.29, 0.717) is 6.54 Å². The van der Waals surface area contributed by atoms with E-state index in [9.17, 15) is 4.79 Å². The Balaban J connectivity index is 1.71. The number of aromatic nitrogens is 2. The third kappa shape index (κ3) is 3.45. The summed E-state index contributed by atoms with van der Waals surface area (Å²) in [6.07, 6.45) is 5.99. The lowest BCUT2D eigenvalue weighted by molar-refractivity contribution is -0.128. The Morgan fingerprint density at radius 2 is 2.04 bits per heavy atom. The molecule has 0 aliphatic carbocycles. The molecular formula is C18H24N4O. The number of benzene rings is 1. The Bertz CT molecular complexity index is 616. The van der Waals surface area contributed by atoms with Crippen LogP contribution < -0.4 is 5.32 Å². The predicted octanol–water partition coefficient (Wildman–Crippen LogP) is 1.73. The second-order valence-corrected chi connectivity index (χ2v) is 6.29. The van der Waals surface area contributed by atoms with E-state index in [1.807, 2.05) is 18.2 Å². The number of imidazole rings is 1. The van der Waals surface area contributed by atoms with Gasteiger partial charge >= 0.3 is 0 Å². The number of piperidine rings is 1. The van der Waals surface area contributed by atoms with Gasteiger partial charge in [0.05, 0.1) is 5.41 Å². The van der Waals surface area contributed by atoms with Gasteiger partial charge in [0.15, 0.2) is 0 Å². The fourth-order valence-electron chi connectivity index (χ4n) is 3.30. The van der Waals surface area contributed by atoms with Crippen LogP contribution in [0.3, 0.4) is 0 Å². The van der Waals surface area contributed by atoms with E-state index in [1.54, 1.807) is 12.4 Å². The summed E-state index contributed by atoms with van der Waals surface area (Å²) in [5.41, 5.74) is 0.723. The number of amides is 1. The number of hydrogen-bond acceptors (Lipinski definition) is 3. The molecule has 5 heteroatoms. The highest BCUT2D eigenvalue weighted by molar-refractivity contribution is 5.88. The normalized spacial score (nSPS) is 17.8. The van der Waals surface area contributed by atoms with E-state index in [-0.39, 0.29) is 5.91 Å². The molecule has 1 amide bonds. The average Bonchev–Trinajstić information content (AvgIpc) is 3.10. The summed E-state index contributed by atoms with van der Waals surface area (Å²) in [5, 5.41) is 3.13. The maximum atomic E-state index is 13.0. The number of rotatable bonds is 5. The zero-order valence-corrected chi connectivity index (χ0v) is 13.6. The monoisotopic (exact) mass is 312 g/mol. The van der Waals surface area contributed by atoms with Gasteiger partial charge in [0.25, 0.3) is 0 Å². The summed E-state index contributed by atoms with van der Waals surface area (Å²) in [6, 6.07) is 10.2. The molecule has 2 N–H and O–H groups in total. The van der Waals surface area contributed by atoms with Crippen molar-refractivity contribution in [2.24, 2.45) is 0 Å². The standard InChI is InChI=1S/C18H24N4O/c1-22-13-8-18(9-14-22,15-5-3-2-4-6-15)17(23)21-10-7-16-19-11-12-20-16/h2-6,11-12H,7-10,13-14H2,1H3,(H,19,20)(H,21,23). The molecule has 1 fully saturated rings. The summed E-state index contributed by atoms with van der Waals surface area (Å²) in [6.45, 7) is 2.50. The summed E-state index contributed by atoms with van der Waals surface area (Å²) >= 11 is 0. The van der Waals surface area contributed by atoms with Crippen LogP contribution in [0.2, 0.25) is 0 Å². The van der Waals surface area contributed by atoms with E-state index in [0.717, 1.165) is 43.7 Å².